The van der Waals surface area contributed by atoms with Crippen LogP contribution in [0.1, 0.15) is 10.5 Å². The lowest BCUT2D eigenvalue weighted by atomic mass is 10.1. The molecule has 0 amide bonds. The molecule has 0 spiro atoms. The summed E-state index contributed by atoms with van der Waals surface area (Å²) in [4.78, 5) is 19.4. The fourth-order valence-corrected chi connectivity index (χ4v) is 1.60. The quantitative estimate of drug-likeness (QED) is 0.767. The molecule has 0 unspecified atom stereocenters. The third-order valence-corrected chi connectivity index (χ3v) is 2.51. The van der Waals surface area contributed by atoms with Crippen LogP contribution in [0.15, 0.2) is 36.7 Å². The van der Waals surface area contributed by atoms with E-state index in [9.17, 15) is 4.79 Å². The Hall–Kier alpha value is -1.94. The van der Waals surface area contributed by atoms with Gasteiger partial charge in [-0.1, -0.05) is 29.8 Å². The molecule has 0 bridgehead atoms. The Kier molecular flexibility index (Phi) is 3.35. The number of hydrogen-bond donors (Lipinski definition) is 0. The average Bonchev–Trinajstić information content (AvgIpc) is 2.38. The van der Waals surface area contributed by atoms with Crippen molar-refractivity contribution in [2.24, 2.45) is 0 Å². The van der Waals surface area contributed by atoms with Crippen LogP contribution in [0.2, 0.25) is 5.02 Å². The Morgan fingerprint density at radius 3 is 2.76 bits per heavy atom. The van der Waals surface area contributed by atoms with Crippen molar-refractivity contribution in [3.05, 3.63) is 47.4 Å². The molecule has 2 rings (SSSR count). The molecule has 0 aliphatic heterocycles. The molecule has 0 radical (unpaired) electrons. The maximum atomic E-state index is 11.3. The lowest BCUT2D eigenvalue weighted by Gasteiger charge is -2.04. The van der Waals surface area contributed by atoms with Gasteiger partial charge in [-0.2, -0.15) is 0 Å². The minimum Gasteiger partial charge on any atom is -0.464 e. The number of benzene rings is 1. The van der Waals surface area contributed by atoms with Gasteiger partial charge in [-0.05, 0) is 6.07 Å². The monoisotopic (exact) mass is 248 g/mol. The van der Waals surface area contributed by atoms with Gasteiger partial charge in [0.15, 0.2) is 5.69 Å². The summed E-state index contributed by atoms with van der Waals surface area (Å²) < 4.78 is 4.58. The zero-order chi connectivity index (χ0) is 12.3. The number of hydrogen-bond acceptors (Lipinski definition) is 4. The number of halogens is 1. The minimum absolute atomic E-state index is 0.157. The molecule has 1 aromatic heterocycles. The van der Waals surface area contributed by atoms with Crippen LogP contribution in [0.3, 0.4) is 0 Å². The maximum absolute atomic E-state index is 11.3. The predicted molar refractivity (Wildman–Crippen MR) is 63.8 cm³/mol. The van der Waals surface area contributed by atoms with E-state index < -0.39 is 5.97 Å². The first-order valence-corrected chi connectivity index (χ1v) is 5.25. The second kappa shape index (κ2) is 4.93. The van der Waals surface area contributed by atoms with Crippen molar-refractivity contribution in [2.75, 3.05) is 7.11 Å². The van der Waals surface area contributed by atoms with Crippen molar-refractivity contribution in [2.45, 2.75) is 0 Å². The van der Waals surface area contributed by atoms with Gasteiger partial charge in [-0.15, -0.1) is 0 Å². The minimum atomic E-state index is -0.522. The lowest BCUT2D eigenvalue weighted by Crippen LogP contribution is -2.05. The van der Waals surface area contributed by atoms with E-state index in [-0.39, 0.29) is 5.69 Å². The van der Waals surface area contributed by atoms with Gasteiger partial charge in [0.05, 0.1) is 30.2 Å². The van der Waals surface area contributed by atoms with Crippen LogP contribution in [0.5, 0.6) is 0 Å². The summed E-state index contributed by atoms with van der Waals surface area (Å²) in [5.41, 5.74) is 1.43. The molecule has 0 N–H and O–H groups in total. The summed E-state index contributed by atoms with van der Waals surface area (Å²) in [6.07, 6.45) is 2.90. The number of ether oxygens (including phenoxy) is 1. The van der Waals surface area contributed by atoms with E-state index in [4.69, 9.17) is 11.6 Å². The van der Waals surface area contributed by atoms with E-state index in [2.05, 4.69) is 14.7 Å². The zero-order valence-electron chi connectivity index (χ0n) is 9.05. The van der Waals surface area contributed by atoms with E-state index >= 15 is 0 Å². The van der Waals surface area contributed by atoms with Gasteiger partial charge in [0.1, 0.15) is 0 Å². The third kappa shape index (κ3) is 2.42. The molecular weight excluding hydrogens is 240 g/mol. The number of rotatable bonds is 2. The zero-order valence-corrected chi connectivity index (χ0v) is 9.81. The highest BCUT2D eigenvalue weighted by Crippen LogP contribution is 2.25. The number of carbonyl (C=O) groups excluding carboxylic acids is 1. The topological polar surface area (TPSA) is 52.1 Å². The molecule has 5 heteroatoms. The summed E-state index contributed by atoms with van der Waals surface area (Å²) in [7, 11) is 1.30. The Morgan fingerprint density at radius 2 is 2.06 bits per heavy atom. The lowest BCUT2D eigenvalue weighted by molar-refractivity contribution is 0.0593. The third-order valence-electron chi connectivity index (χ3n) is 2.18. The van der Waals surface area contributed by atoms with Crippen molar-refractivity contribution < 1.29 is 9.53 Å². The highest BCUT2D eigenvalue weighted by molar-refractivity contribution is 6.33. The van der Waals surface area contributed by atoms with Crippen LogP contribution >= 0.6 is 11.6 Å². The van der Waals surface area contributed by atoms with Crippen molar-refractivity contribution >= 4 is 17.6 Å². The van der Waals surface area contributed by atoms with Crippen molar-refractivity contribution in [3.8, 4) is 11.3 Å². The second-order valence-corrected chi connectivity index (χ2v) is 3.67. The molecule has 0 saturated carbocycles. The van der Waals surface area contributed by atoms with Gasteiger partial charge in [-0.25, -0.2) is 9.78 Å². The molecule has 0 aliphatic carbocycles. The largest absolute Gasteiger partial charge is 0.464 e. The first-order chi connectivity index (χ1) is 8.22. The Balaban J connectivity index is 2.47. The van der Waals surface area contributed by atoms with Crippen LogP contribution in [0.4, 0.5) is 0 Å². The van der Waals surface area contributed by atoms with E-state index in [0.29, 0.717) is 10.7 Å². The van der Waals surface area contributed by atoms with Crippen LogP contribution in [-0.2, 0) is 4.74 Å². The molecule has 0 fully saturated rings. The summed E-state index contributed by atoms with van der Waals surface area (Å²) in [6.45, 7) is 0. The van der Waals surface area contributed by atoms with Gasteiger partial charge in [0.2, 0.25) is 0 Å². The van der Waals surface area contributed by atoms with E-state index in [1.165, 1.54) is 13.3 Å². The number of nitrogens with zero attached hydrogens (tertiary/aromatic N) is 2. The molecule has 0 atom stereocenters. The average molecular weight is 249 g/mol. The molecule has 86 valence electrons. The maximum Gasteiger partial charge on any atom is 0.358 e. The van der Waals surface area contributed by atoms with E-state index in [1.54, 1.807) is 12.3 Å². The SMILES string of the molecule is COC(=O)c1cncc(-c2ccccc2Cl)n1. The van der Waals surface area contributed by atoms with E-state index in [0.717, 1.165) is 5.56 Å². The number of carbonyl (C=O) groups is 1. The van der Waals surface area contributed by atoms with Crippen LogP contribution < -0.4 is 0 Å². The van der Waals surface area contributed by atoms with Crippen molar-refractivity contribution in [1.29, 1.82) is 0 Å². The van der Waals surface area contributed by atoms with Crippen molar-refractivity contribution in [3.63, 3.8) is 0 Å². The molecule has 0 saturated heterocycles. The first kappa shape index (κ1) is 11.5. The Labute approximate surface area is 103 Å². The Morgan fingerprint density at radius 1 is 1.29 bits per heavy atom. The van der Waals surface area contributed by atoms with Crippen LogP contribution in [0, 0.1) is 0 Å². The number of esters is 1. The van der Waals surface area contributed by atoms with E-state index in [1.807, 2.05) is 18.2 Å². The molecule has 1 aromatic carbocycles. The van der Waals surface area contributed by atoms with Gasteiger partial charge in [0.25, 0.3) is 0 Å². The summed E-state index contributed by atoms with van der Waals surface area (Å²) >= 11 is 6.04. The molecule has 4 nitrogen and oxygen atoms in total. The molecule has 17 heavy (non-hydrogen) atoms. The van der Waals surface area contributed by atoms with Crippen LogP contribution in [-0.4, -0.2) is 23.0 Å². The van der Waals surface area contributed by atoms with Crippen LogP contribution in [0.25, 0.3) is 11.3 Å². The second-order valence-electron chi connectivity index (χ2n) is 3.26. The summed E-state index contributed by atoms with van der Waals surface area (Å²) in [5.74, 6) is -0.522. The van der Waals surface area contributed by atoms with Gasteiger partial charge < -0.3 is 4.74 Å². The molecule has 2 aromatic rings. The highest BCUT2D eigenvalue weighted by atomic mass is 35.5. The van der Waals surface area contributed by atoms with Gasteiger partial charge in [-0.3, -0.25) is 4.98 Å². The predicted octanol–water partition coefficient (Wildman–Crippen LogP) is 2.58. The molecular formula is C12H9ClN2O2. The Bertz CT molecular complexity index is 558. The highest BCUT2D eigenvalue weighted by Gasteiger charge is 2.10. The molecule has 0 aliphatic rings. The fourth-order valence-electron chi connectivity index (χ4n) is 1.37. The van der Waals surface area contributed by atoms with Gasteiger partial charge >= 0.3 is 5.97 Å². The smallest absolute Gasteiger partial charge is 0.358 e. The van der Waals surface area contributed by atoms with Gasteiger partial charge in [0, 0.05) is 5.56 Å². The first-order valence-electron chi connectivity index (χ1n) is 4.87. The standard InChI is InChI=1S/C12H9ClN2O2/c1-17-12(16)11-7-14-6-10(15-11)8-4-2-3-5-9(8)13/h2-7H,1H3. The number of methoxy groups -OCH3 is 1. The fraction of sp³-hybridized carbons (Fsp3) is 0.0833. The summed E-state index contributed by atoms with van der Waals surface area (Å²) in [5, 5.41) is 0.559. The summed E-state index contributed by atoms with van der Waals surface area (Å²) in [6, 6.07) is 7.23. The number of aromatic nitrogens is 2. The molecule has 1 heterocycles. The normalized spacial score (nSPS) is 10.0. The van der Waals surface area contributed by atoms with Crippen molar-refractivity contribution in [1.82, 2.24) is 9.97 Å².